The van der Waals surface area contributed by atoms with E-state index in [-0.39, 0.29) is 11.1 Å². The van der Waals surface area contributed by atoms with Gasteiger partial charge < -0.3 is 0 Å². The first-order valence-corrected chi connectivity index (χ1v) is 14.1. The molecule has 0 N–H and O–H groups in total. The average molecular weight is 556 g/mol. The lowest BCUT2D eigenvalue weighted by Gasteiger charge is -2.17. The summed E-state index contributed by atoms with van der Waals surface area (Å²) in [6.45, 7) is 0. The smallest absolute Gasteiger partial charge is 0.260 e. The fourth-order valence-corrected chi connectivity index (χ4v) is 6.06. The molecule has 2 aliphatic carbocycles. The lowest BCUT2D eigenvalue weighted by atomic mass is 9.82. The highest BCUT2D eigenvalue weighted by Crippen LogP contribution is 2.42. The van der Waals surface area contributed by atoms with Crippen LogP contribution in [0.2, 0.25) is 0 Å². The van der Waals surface area contributed by atoms with Crippen molar-refractivity contribution in [3.8, 4) is 40.0 Å². The van der Waals surface area contributed by atoms with E-state index in [1.807, 2.05) is 133 Å². The van der Waals surface area contributed by atoms with Crippen molar-refractivity contribution >= 4 is 0 Å². The first-order valence-electron chi connectivity index (χ1n) is 14.1. The number of hydrogen-bond acceptors (Lipinski definition) is 3. The van der Waals surface area contributed by atoms with E-state index in [1.54, 1.807) is 21.3 Å². The summed E-state index contributed by atoms with van der Waals surface area (Å²) in [4.78, 5) is 29.4. The van der Waals surface area contributed by atoms with Gasteiger partial charge in [-0.1, -0.05) is 97.1 Å². The van der Waals surface area contributed by atoms with Crippen molar-refractivity contribution < 1.29 is 0 Å². The standard InChI is InChI=1S/C38H25N3O2/c39-25-26-21-23-27(24-22-26)34(35-30-17-9-3-11-19-32(30)40(37(35)42)28-13-5-1-6-14-28)36-31-18-10-4-12-20-33(31)41(38(36)43)29-15-7-2-8-16-29/h1-24,34H. The molecule has 5 nitrogen and oxygen atoms in total. The molecule has 3 aromatic carbocycles. The number of hydrogen-bond donors (Lipinski definition) is 0. The zero-order valence-corrected chi connectivity index (χ0v) is 23.1. The van der Waals surface area contributed by atoms with Crippen LogP contribution in [0.4, 0.5) is 0 Å². The van der Waals surface area contributed by atoms with Gasteiger partial charge in [0.1, 0.15) is 0 Å². The van der Waals surface area contributed by atoms with E-state index in [9.17, 15) is 14.9 Å². The van der Waals surface area contributed by atoms with Crippen LogP contribution in [0.5, 0.6) is 0 Å². The first-order chi connectivity index (χ1) is 21.2. The van der Waals surface area contributed by atoms with Gasteiger partial charge in [0.25, 0.3) is 11.1 Å². The molecule has 3 aromatic rings. The highest BCUT2D eigenvalue weighted by atomic mass is 16.1. The van der Waals surface area contributed by atoms with E-state index in [1.165, 1.54) is 0 Å². The van der Waals surface area contributed by atoms with Crippen LogP contribution >= 0.6 is 0 Å². The van der Waals surface area contributed by atoms with E-state index in [2.05, 4.69) is 6.07 Å². The third kappa shape index (κ3) is 4.34. The Morgan fingerprint density at radius 2 is 0.884 bits per heavy atom. The molecule has 2 aliphatic heterocycles. The molecule has 0 saturated heterocycles. The molecule has 0 fully saturated rings. The summed E-state index contributed by atoms with van der Waals surface area (Å²) in [7, 11) is 0. The fourth-order valence-electron chi connectivity index (χ4n) is 6.06. The zero-order chi connectivity index (χ0) is 29.3. The first kappa shape index (κ1) is 25.9. The van der Waals surface area contributed by atoms with Gasteiger partial charge in [0, 0.05) is 39.5 Å². The topological polar surface area (TPSA) is 67.8 Å². The van der Waals surface area contributed by atoms with Crippen LogP contribution < -0.4 is 11.1 Å². The second-order valence-electron chi connectivity index (χ2n) is 10.4. The van der Waals surface area contributed by atoms with Gasteiger partial charge in [-0.25, -0.2) is 0 Å². The number of nitriles is 1. The number of benzene rings is 3. The summed E-state index contributed by atoms with van der Waals surface area (Å²) in [5.74, 6) is -0.711. The summed E-state index contributed by atoms with van der Waals surface area (Å²) in [5, 5.41) is 9.53. The molecular weight excluding hydrogens is 530 g/mol. The summed E-state index contributed by atoms with van der Waals surface area (Å²) < 4.78 is 3.45. The molecule has 0 unspecified atom stereocenters. The number of fused-ring (bicyclic) bond motifs is 2. The lowest BCUT2D eigenvalue weighted by Crippen LogP contribution is -2.24. The Morgan fingerprint density at radius 1 is 0.488 bits per heavy atom. The van der Waals surface area contributed by atoms with Crippen LogP contribution in [0.3, 0.4) is 0 Å². The Bertz CT molecular complexity index is 2040. The van der Waals surface area contributed by atoms with Crippen LogP contribution in [0, 0.1) is 11.3 Å². The molecule has 7 rings (SSSR count). The van der Waals surface area contributed by atoms with Crippen LogP contribution in [-0.4, -0.2) is 9.13 Å². The second kappa shape index (κ2) is 10.8. The lowest BCUT2D eigenvalue weighted by molar-refractivity contribution is 0.921. The molecule has 0 saturated carbocycles. The molecule has 204 valence electrons. The molecule has 0 radical (unpaired) electrons. The Kier molecular flexibility index (Phi) is 6.50. The van der Waals surface area contributed by atoms with Crippen molar-refractivity contribution in [2.75, 3.05) is 0 Å². The minimum absolute atomic E-state index is 0.193. The minimum Gasteiger partial charge on any atom is -0.277 e. The summed E-state index contributed by atoms with van der Waals surface area (Å²) in [6, 6.07) is 47.8. The summed E-state index contributed by atoms with van der Waals surface area (Å²) in [5.41, 5.74) is 6.40. The van der Waals surface area contributed by atoms with Gasteiger partial charge >= 0.3 is 0 Å². The van der Waals surface area contributed by atoms with Gasteiger partial charge in [-0.2, -0.15) is 5.26 Å². The Hall–Kier alpha value is -5.99. The monoisotopic (exact) mass is 555 g/mol. The largest absolute Gasteiger partial charge is 0.277 e. The van der Waals surface area contributed by atoms with Gasteiger partial charge in [0.05, 0.1) is 23.0 Å². The van der Waals surface area contributed by atoms with Crippen molar-refractivity contribution in [1.82, 2.24) is 9.13 Å². The van der Waals surface area contributed by atoms with E-state index in [4.69, 9.17) is 0 Å². The molecule has 0 aromatic heterocycles. The molecule has 5 heteroatoms. The Morgan fingerprint density at radius 3 is 1.30 bits per heavy atom. The van der Waals surface area contributed by atoms with Crippen molar-refractivity contribution in [2.45, 2.75) is 5.92 Å². The molecule has 0 atom stereocenters. The molecule has 4 aliphatic rings. The van der Waals surface area contributed by atoms with Crippen molar-refractivity contribution in [2.24, 2.45) is 0 Å². The second-order valence-corrected chi connectivity index (χ2v) is 10.4. The zero-order valence-electron chi connectivity index (χ0n) is 23.1. The maximum atomic E-state index is 14.7. The van der Waals surface area contributed by atoms with E-state index >= 15 is 0 Å². The normalized spacial score (nSPS) is 11.2. The number of nitrogens with zero attached hydrogens (tertiary/aromatic N) is 3. The van der Waals surface area contributed by atoms with Crippen molar-refractivity contribution in [3.63, 3.8) is 0 Å². The van der Waals surface area contributed by atoms with Gasteiger partial charge in [0.2, 0.25) is 0 Å². The van der Waals surface area contributed by atoms with Gasteiger partial charge in [0.15, 0.2) is 0 Å². The van der Waals surface area contributed by atoms with E-state index in [0.29, 0.717) is 16.7 Å². The molecule has 2 heterocycles. The Balaban J connectivity index is 1.62. The molecule has 43 heavy (non-hydrogen) atoms. The molecule has 0 amide bonds. The number of rotatable bonds is 5. The maximum Gasteiger partial charge on any atom is 0.260 e. The number of aromatic nitrogens is 2. The highest BCUT2D eigenvalue weighted by Gasteiger charge is 2.35. The van der Waals surface area contributed by atoms with E-state index < -0.39 is 5.92 Å². The van der Waals surface area contributed by atoms with Crippen LogP contribution in [-0.2, 0) is 0 Å². The van der Waals surface area contributed by atoms with Gasteiger partial charge in [-0.05, 0) is 54.1 Å². The quantitative estimate of drug-likeness (QED) is 0.225. The van der Waals surface area contributed by atoms with Crippen LogP contribution in [0.25, 0.3) is 33.9 Å². The average Bonchev–Trinajstić information content (AvgIpc) is 3.24. The van der Waals surface area contributed by atoms with Crippen molar-refractivity contribution in [1.29, 1.82) is 5.26 Å². The maximum absolute atomic E-state index is 14.7. The summed E-state index contributed by atoms with van der Waals surface area (Å²) >= 11 is 0. The fraction of sp³-hybridized carbons (Fsp3) is 0.0263. The van der Waals surface area contributed by atoms with Crippen molar-refractivity contribution in [3.05, 3.63) is 189 Å². The van der Waals surface area contributed by atoms with Crippen LogP contribution in [0.15, 0.2) is 155 Å². The third-order valence-electron chi connectivity index (χ3n) is 7.94. The van der Waals surface area contributed by atoms with Gasteiger partial charge in [-0.15, -0.1) is 0 Å². The predicted molar refractivity (Wildman–Crippen MR) is 169 cm³/mol. The Labute approximate surface area is 248 Å². The van der Waals surface area contributed by atoms with E-state index in [0.717, 1.165) is 39.5 Å². The summed E-state index contributed by atoms with van der Waals surface area (Å²) in [6.07, 6.45) is 0. The predicted octanol–water partition coefficient (Wildman–Crippen LogP) is 7.25. The van der Waals surface area contributed by atoms with Crippen LogP contribution in [0.1, 0.15) is 28.2 Å². The highest BCUT2D eigenvalue weighted by molar-refractivity contribution is 5.76. The van der Waals surface area contributed by atoms with Gasteiger partial charge in [-0.3, -0.25) is 18.7 Å². The molecule has 0 spiro atoms. The molecule has 0 bridgehead atoms. The minimum atomic E-state index is -0.711. The molecular formula is C38H25N3O2. The number of para-hydroxylation sites is 2. The third-order valence-corrected chi connectivity index (χ3v) is 7.94. The SMILES string of the molecule is N#Cc1ccc(C(c2c3cccccc-3n(-c3ccccc3)c2=O)c2c3cccccc-3n(-c3ccccc3)c2=O)cc1.